The molecule has 1 rings (SSSR count). The monoisotopic (exact) mass is 189 g/mol. The van der Waals surface area contributed by atoms with Crippen molar-refractivity contribution in [3.63, 3.8) is 0 Å². The van der Waals surface area contributed by atoms with E-state index < -0.39 is 5.97 Å². The van der Waals surface area contributed by atoms with Gasteiger partial charge in [0.05, 0.1) is 6.42 Å². The van der Waals surface area contributed by atoms with E-state index in [4.69, 9.17) is 5.11 Å². The first kappa shape index (κ1) is 9.86. The van der Waals surface area contributed by atoms with E-state index in [1.165, 1.54) is 6.42 Å². The van der Waals surface area contributed by atoms with Crippen LogP contribution in [0.1, 0.15) is 19.3 Å². The maximum Gasteiger partial charge on any atom is 0.304 e. The normalized spacial score (nSPS) is 25.6. The van der Waals surface area contributed by atoms with E-state index in [0.717, 1.165) is 13.0 Å². The van der Waals surface area contributed by atoms with Crippen molar-refractivity contribution in [2.45, 2.75) is 30.6 Å². The van der Waals surface area contributed by atoms with Crippen LogP contribution in [0.15, 0.2) is 0 Å². The first-order valence-electron chi connectivity index (χ1n) is 4.22. The number of hydrogen-bond donors (Lipinski definition) is 2. The van der Waals surface area contributed by atoms with Crippen LogP contribution >= 0.6 is 11.8 Å². The van der Waals surface area contributed by atoms with Gasteiger partial charge in [0.15, 0.2) is 0 Å². The van der Waals surface area contributed by atoms with Crippen LogP contribution in [0.5, 0.6) is 0 Å². The van der Waals surface area contributed by atoms with Gasteiger partial charge in [-0.15, -0.1) is 0 Å². The molecule has 0 amide bonds. The summed E-state index contributed by atoms with van der Waals surface area (Å²) in [5.74, 6) is -0.692. The molecule has 0 aromatic heterocycles. The summed E-state index contributed by atoms with van der Waals surface area (Å²) in [4.78, 5) is 10.5. The standard InChI is InChI=1S/C8H15NO2S/c1-12-7(5-8(10)11)6-3-2-4-9-6/h6-7,9H,2-5H2,1H3,(H,10,11). The Kier molecular flexibility index (Phi) is 3.88. The molecule has 0 bridgehead atoms. The Morgan fingerprint density at radius 1 is 1.83 bits per heavy atom. The summed E-state index contributed by atoms with van der Waals surface area (Å²) in [6, 6.07) is 0.413. The van der Waals surface area contributed by atoms with Crippen LogP contribution < -0.4 is 5.32 Å². The van der Waals surface area contributed by atoms with Crippen molar-refractivity contribution < 1.29 is 9.90 Å². The molecule has 1 heterocycles. The average Bonchev–Trinajstić information content (AvgIpc) is 2.51. The predicted molar refractivity (Wildman–Crippen MR) is 50.6 cm³/mol. The molecule has 70 valence electrons. The van der Waals surface area contributed by atoms with Crippen LogP contribution in [0.3, 0.4) is 0 Å². The minimum Gasteiger partial charge on any atom is -0.481 e. The van der Waals surface area contributed by atoms with Gasteiger partial charge >= 0.3 is 5.97 Å². The van der Waals surface area contributed by atoms with Gasteiger partial charge in [0.2, 0.25) is 0 Å². The molecular formula is C8H15NO2S. The largest absolute Gasteiger partial charge is 0.481 e. The number of carbonyl (C=O) groups is 1. The molecule has 2 atom stereocenters. The zero-order valence-corrected chi connectivity index (χ0v) is 8.06. The lowest BCUT2D eigenvalue weighted by atomic mass is 10.1. The molecule has 0 aliphatic carbocycles. The zero-order valence-electron chi connectivity index (χ0n) is 7.25. The number of carboxylic acid groups (broad SMARTS) is 1. The number of nitrogens with one attached hydrogen (secondary N) is 1. The van der Waals surface area contributed by atoms with Crippen molar-refractivity contribution in [3.05, 3.63) is 0 Å². The molecule has 2 N–H and O–H groups in total. The number of hydrogen-bond acceptors (Lipinski definition) is 3. The van der Waals surface area contributed by atoms with E-state index in [0.29, 0.717) is 6.04 Å². The molecule has 4 heteroatoms. The van der Waals surface area contributed by atoms with Crippen molar-refractivity contribution in [3.8, 4) is 0 Å². The fourth-order valence-electron chi connectivity index (χ4n) is 1.59. The molecule has 0 spiro atoms. The van der Waals surface area contributed by atoms with Gasteiger partial charge in [-0.3, -0.25) is 4.79 Å². The van der Waals surface area contributed by atoms with Crippen molar-refractivity contribution in [1.82, 2.24) is 5.32 Å². The summed E-state index contributed by atoms with van der Waals surface area (Å²) in [5.41, 5.74) is 0. The summed E-state index contributed by atoms with van der Waals surface area (Å²) in [5, 5.41) is 12.2. The van der Waals surface area contributed by atoms with Crippen molar-refractivity contribution >= 4 is 17.7 Å². The Morgan fingerprint density at radius 2 is 2.58 bits per heavy atom. The van der Waals surface area contributed by atoms with Crippen LogP contribution in [-0.2, 0) is 4.79 Å². The Labute approximate surface area is 76.9 Å². The first-order valence-corrected chi connectivity index (χ1v) is 5.51. The highest BCUT2D eigenvalue weighted by atomic mass is 32.2. The molecule has 0 aromatic carbocycles. The molecule has 1 saturated heterocycles. The molecule has 1 fully saturated rings. The van der Waals surface area contributed by atoms with Gasteiger partial charge in [0.25, 0.3) is 0 Å². The molecule has 0 aromatic rings. The van der Waals surface area contributed by atoms with Crippen LogP contribution in [-0.4, -0.2) is 35.2 Å². The minimum atomic E-state index is -0.692. The lowest BCUT2D eigenvalue weighted by Gasteiger charge is -2.19. The summed E-state index contributed by atoms with van der Waals surface area (Å²) >= 11 is 1.65. The molecule has 2 unspecified atom stereocenters. The SMILES string of the molecule is CSC(CC(=O)O)C1CCCN1. The van der Waals surface area contributed by atoms with Gasteiger partial charge < -0.3 is 10.4 Å². The van der Waals surface area contributed by atoms with Crippen molar-refractivity contribution in [1.29, 1.82) is 0 Å². The van der Waals surface area contributed by atoms with Crippen molar-refractivity contribution in [2.75, 3.05) is 12.8 Å². The van der Waals surface area contributed by atoms with Crippen LogP contribution in [0, 0.1) is 0 Å². The van der Waals surface area contributed by atoms with Gasteiger partial charge in [0, 0.05) is 11.3 Å². The Hall–Kier alpha value is -0.220. The molecule has 1 aliphatic heterocycles. The highest BCUT2D eigenvalue weighted by molar-refractivity contribution is 7.99. The second kappa shape index (κ2) is 4.72. The smallest absolute Gasteiger partial charge is 0.304 e. The van der Waals surface area contributed by atoms with E-state index in [1.807, 2.05) is 6.26 Å². The molecule has 1 aliphatic rings. The average molecular weight is 189 g/mol. The van der Waals surface area contributed by atoms with E-state index in [2.05, 4.69) is 5.32 Å². The van der Waals surface area contributed by atoms with E-state index >= 15 is 0 Å². The summed E-state index contributed by atoms with van der Waals surface area (Å²) in [6.07, 6.45) is 4.56. The van der Waals surface area contributed by atoms with Crippen LogP contribution in [0.4, 0.5) is 0 Å². The number of rotatable bonds is 4. The Morgan fingerprint density at radius 3 is 3.00 bits per heavy atom. The van der Waals surface area contributed by atoms with E-state index in [9.17, 15) is 4.79 Å². The zero-order chi connectivity index (χ0) is 8.97. The predicted octanol–water partition coefficient (Wildman–Crippen LogP) is 0.945. The third kappa shape index (κ3) is 2.68. The topological polar surface area (TPSA) is 49.3 Å². The van der Waals surface area contributed by atoms with Gasteiger partial charge in [-0.1, -0.05) is 0 Å². The highest BCUT2D eigenvalue weighted by Crippen LogP contribution is 2.21. The van der Waals surface area contributed by atoms with Crippen LogP contribution in [0.25, 0.3) is 0 Å². The van der Waals surface area contributed by atoms with Gasteiger partial charge in [-0.05, 0) is 25.6 Å². The quantitative estimate of drug-likeness (QED) is 0.691. The number of carboxylic acids is 1. The summed E-state index contributed by atoms with van der Waals surface area (Å²) in [7, 11) is 0. The second-order valence-corrected chi connectivity index (χ2v) is 4.15. The van der Waals surface area contributed by atoms with Crippen molar-refractivity contribution in [2.24, 2.45) is 0 Å². The van der Waals surface area contributed by atoms with Gasteiger partial charge in [-0.2, -0.15) is 11.8 Å². The molecular weight excluding hydrogens is 174 g/mol. The lowest BCUT2D eigenvalue weighted by molar-refractivity contribution is -0.137. The fraction of sp³-hybridized carbons (Fsp3) is 0.875. The Bertz CT molecular complexity index is 157. The molecule has 0 radical (unpaired) electrons. The van der Waals surface area contributed by atoms with Crippen LogP contribution in [0.2, 0.25) is 0 Å². The maximum atomic E-state index is 10.5. The molecule has 0 saturated carbocycles. The third-order valence-electron chi connectivity index (χ3n) is 2.23. The fourth-order valence-corrected chi connectivity index (χ4v) is 2.46. The summed E-state index contributed by atoms with van der Waals surface area (Å²) < 4.78 is 0. The lowest BCUT2D eigenvalue weighted by Crippen LogP contribution is -2.34. The number of aliphatic carboxylic acids is 1. The Balaban J connectivity index is 2.37. The molecule has 3 nitrogen and oxygen atoms in total. The highest BCUT2D eigenvalue weighted by Gasteiger charge is 2.25. The van der Waals surface area contributed by atoms with E-state index in [-0.39, 0.29) is 11.7 Å². The number of thioether (sulfide) groups is 1. The first-order chi connectivity index (χ1) is 5.74. The summed E-state index contributed by atoms with van der Waals surface area (Å²) in [6.45, 7) is 1.04. The van der Waals surface area contributed by atoms with E-state index in [1.54, 1.807) is 11.8 Å². The minimum absolute atomic E-state index is 0.241. The maximum absolute atomic E-state index is 10.5. The molecule has 12 heavy (non-hydrogen) atoms. The third-order valence-corrected chi connectivity index (χ3v) is 3.33. The second-order valence-electron chi connectivity index (χ2n) is 3.07. The van der Waals surface area contributed by atoms with Gasteiger partial charge in [0.1, 0.15) is 0 Å². The van der Waals surface area contributed by atoms with Gasteiger partial charge in [-0.25, -0.2) is 0 Å².